The van der Waals surface area contributed by atoms with E-state index in [1.807, 2.05) is 0 Å². The van der Waals surface area contributed by atoms with Crippen LogP contribution in [0.2, 0.25) is 0 Å². The third-order valence-corrected chi connectivity index (χ3v) is 10.5. The number of ether oxygens (including phenoxy) is 2. The number of nitrogens with two attached hydrogens (primary N) is 2. The zero-order valence-corrected chi connectivity index (χ0v) is 30.5. The van der Waals surface area contributed by atoms with Crippen LogP contribution in [-0.4, -0.2) is 148 Å². The zero-order valence-electron chi connectivity index (χ0n) is 27.8. The van der Waals surface area contributed by atoms with Crippen LogP contribution in [0.25, 0.3) is 22.3 Å². The summed E-state index contributed by atoms with van der Waals surface area (Å²) in [7, 11) is -15.9. The number of rotatable bonds is 16. The van der Waals surface area contributed by atoms with Crippen molar-refractivity contribution in [3.05, 3.63) is 33.4 Å². The van der Waals surface area contributed by atoms with Crippen LogP contribution in [0, 0.1) is 0 Å². The molecule has 11 atom stereocenters. The predicted octanol–water partition coefficient (Wildman–Crippen LogP) is -4.60. The Morgan fingerprint density at radius 2 is 1.09 bits per heavy atom. The van der Waals surface area contributed by atoms with Gasteiger partial charge in [0.25, 0.3) is 11.1 Å². The molecule has 2 aliphatic rings. The largest absolute Gasteiger partial charge is 0.472 e. The first kappa shape index (κ1) is 42.0. The molecule has 310 valence electrons. The molecule has 0 saturated carbocycles. The molecule has 6 unspecified atom stereocenters. The number of nitrogens with zero attached hydrogens (tertiary/aromatic N) is 6. The van der Waals surface area contributed by atoms with E-state index in [4.69, 9.17) is 39.0 Å². The Labute approximate surface area is 309 Å². The molecule has 6 heterocycles. The van der Waals surface area contributed by atoms with Crippen molar-refractivity contribution in [2.75, 3.05) is 37.9 Å². The number of anilines is 2. The lowest BCUT2D eigenvalue weighted by Gasteiger charge is -2.22. The molecule has 2 saturated heterocycles. The molecule has 6 rings (SSSR count). The van der Waals surface area contributed by atoms with Crippen molar-refractivity contribution in [3.8, 4) is 0 Å². The van der Waals surface area contributed by atoms with Crippen molar-refractivity contribution >= 4 is 57.7 Å². The first-order valence-corrected chi connectivity index (χ1v) is 20.1. The molecule has 0 aromatic carbocycles. The van der Waals surface area contributed by atoms with Gasteiger partial charge in [0.2, 0.25) is 11.9 Å². The van der Waals surface area contributed by atoms with Gasteiger partial charge in [-0.3, -0.25) is 51.3 Å². The number of phosphoric acid groups is 3. The SMILES string of the molecule is Nc1nc2c(ncn2C2O[C@H](COP(=O)(O)OCC(COP(=O)(O)OCC3OC(n4cnc5c(=O)[nH]c(N)nc54)[C@H](O)[C@@H]3O)OP(=O)(O)O)[C@@H](O)[C@H]2O)c(=O)[nH]1. The van der Waals surface area contributed by atoms with Gasteiger partial charge in [-0.25, -0.2) is 23.7 Å². The third kappa shape index (κ3) is 9.23. The molecule has 14 N–H and O–H groups in total. The van der Waals surface area contributed by atoms with Crippen LogP contribution in [0.1, 0.15) is 12.5 Å². The van der Waals surface area contributed by atoms with Crippen LogP contribution < -0.4 is 22.6 Å². The second kappa shape index (κ2) is 16.0. The monoisotopic (exact) mass is 862 g/mol. The summed E-state index contributed by atoms with van der Waals surface area (Å²) in [6.07, 6.45) is -12.8. The molecule has 30 nitrogen and oxygen atoms in total. The van der Waals surface area contributed by atoms with E-state index in [1.165, 1.54) is 0 Å². The number of hydrogen-bond donors (Lipinski definition) is 12. The van der Waals surface area contributed by atoms with Gasteiger partial charge in [-0.15, -0.1) is 0 Å². The average molecular weight is 862 g/mol. The standard InChI is InChI=1S/C23H33N10O20P3/c24-22-28-16-10(18(38)30-22)26-5-32(16)20-14(36)12(34)8(51-20)3-49-55(43,44)47-1-7(53-54(40,41)42)2-48-56(45,46)50-4-9-13(35)15(37)21(52-9)33-6-27-11-17(33)29-23(25)31-19(11)39/h5-9,12-15,20-21,34-37H,1-4H2,(H,43,44)(H,45,46)(H2,40,41,42)(H3,24,28,30,38)(H3,25,29,31,39)/t7?,8-,9?,12-,13-,14-,15-,20?,21?/m1/s1. The zero-order chi connectivity index (χ0) is 40.9. The van der Waals surface area contributed by atoms with E-state index in [-0.39, 0.29) is 34.2 Å². The van der Waals surface area contributed by atoms with Crippen LogP contribution in [0.15, 0.2) is 22.2 Å². The fourth-order valence-corrected chi connectivity index (χ4v) is 7.56. The quantitative estimate of drug-likeness (QED) is 0.0472. The average Bonchev–Trinajstić information content (AvgIpc) is 3.85. The van der Waals surface area contributed by atoms with Gasteiger partial charge in [0.15, 0.2) is 34.8 Å². The highest BCUT2D eigenvalue weighted by molar-refractivity contribution is 7.47. The summed E-state index contributed by atoms with van der Waals surface area (Å²) >= 11 is 0. The highest BCUT2D eigenvalue weighted by atomic mass is 31.2. The summed E-state index contributed by atoms with van der Waals surface area (Å²) in [6, 6.07) is 0. The van der Waals surface area contributed by atoms with E-state index < -0.39 is 116 Å². The van der Waals surface area contributed by atoms with Crippen molar-refractivity contribution in [1.29, 1.82) is 0 Å². The number of aliphatic hydroxyl groups is 4. The predicted molar refractivity (Wildman–Crippen MR) is 177 cm³/mol. The summed E-state index contributed by atoms with van der Waals surface area (Å²) in [4.78, 5) is 83.2. The van der Waals surface area contributed by atoms with E-state index in [0.717, 1.165) is 21.8 Å². The number of aliphatic hydroxyl groups excluding tert-OH is 4. The summed E-state index contributed by atoms with van der Waals surface area (Å²) in [6.45, 7) is -4.34. The maximum atomic E-state index is 12.6. The van der Waals surface area contributed by atoms with E-state index in [9.17, 15) is 63.3 Å². The van der Waals surface area contributed by atoms with Crippen LogP contribution in [0.4, 0.5) is 11.9 Å². The van der Waals surface area contributed by atoms with E-state index >= 15 is 0 Å². The van der Waals surface area contributed by atoms with Gasteiger partial charge in [0.05, 0.1) is 39.1 Å². The van der Waals surface area contributed by atoms with Gasteiger partial charge >= 0.3 is 23.5 Å². The third-order valence-electron chi connectivity index (χ3n) is 8.06. The van der Waals surface area contributed by atoms with E-state index in [2.05, 4.69) is 34.4 Å². The Kier molecular flexibility index (Phi) is 12.0. The molecule has 2 fully saturated rings. The van der Waals surface area contributed by atoms with Crippen molar-refractivity contribution in [2.24, 2.45) is 0 Å². The summed E-state index contributed by atoms with van der Waals surface area (Å²) in [5.74, 6) is -0.591. The number of phosphoric ester groups is 3. The normalized spacial score (nSPS) is 28.5. The second-order valence-electron chi connectivity index (χ2n) is 12.0. The molecule has 0 radical (unpaired) electrons. The Bertz CT molecular complexity index is 2180. The first-order valence-electron chi connectivity index (χ1n) is 15.6. The number of imidazole rings is 2. The first-order chi connectivity index (χ1) is 26.1. The Balaban J connectivity index is 1.02. The molecule has 0 amide bonds. The van der Waals surface area contributed by atoms with Crippen molar-refractivity contribution in [3.63, 3.8) is 0 Å². The lowest BCUT2D eigenvalue weighted by Crippen LogP contribution is -2.34. The lowest BCUT2D eigenvalue weighted by atomic mass is 10.1. The molecular weight excluding hydrogens is 829 g/mol. The van der Waals surface area contributed by atoms with Gasteiger partial charge in [-0.05, 0) is 0 Å². The number of aromatic amines is 2. The lowest BCUT2D eigenvalue weighted by molar-refractivity contribution is -0.0542. The van der Waals surface area contributed by atoms with Crippen molar-refractivity contribution in [2.45, 2.75) is 55.2 Å². The van der Waals surface area contributed by atoms with Gasteiger partial charge in [0.1, 0.15) is 42.7 Å². The molecule has 0 aliphatic carbocycles. The maximum absolute atomic E-state index is 12.6. The summed E-state index contributed by atoms with van der Waals surface area (Å²) in [5.41, 5.74) is 9.08. The highest BCUT2D eigenvalue weighted by Crippen LogP contribution is 2.48. The van der Waals surface area contributed by atoms with Crippen molar-refractivity contribution in [1.82, 2.24) is 39.0 Å². The number of nitrogen functional groups attached to an aromatic ring is 2. The fourth-order valence-electron chi connectivity index (χ4n) is 5.52. The van der Waals surface area contributed by atoms with Gasteiger partial charge in [-0.2, -0.15) is 9.97 Å². The van der Waals surface area contributed by atoms with E-state index in [0.29, 0.717) is 0 Å². The molecular formula is C23H33N10O20P3. The Hall–Kier alpha value is -3.61. The van der Waals surface area contributed by atoms with Gasteiger partial charge < -0.3 is 60.9 Å². The number of hydrogen-bond acceptors (Lipinski definition) is 22. The van der Waals surface area contributed by atoms with Crippen LogP contribution in [0.3, 0.4) is 0 Å². The Morgan fingerprint density at radius 1 is 0.696 bits per heavy atom. The Morgan fingerprint density at radius 3 is 1.46 bits per heavy atom. The van der Waals surface area contributed by atoms with Crippen LogP contribution in [-0.2, 0) is 45.8 Å². The topological polar surface area (TPSA) is 457 Å². The molecule has 2 aliphatic heterocycles. The number of nitrogens with one attached hydrogen (secondary N) is 2. The molecule has 33 heteroatoms. The number of aromatic nitrogens is 8. The van der Waals surface area contributed by atoms with Crippen molar-refractivity contribution < 1.29 is 85.8 Å². The fraction of sp³-hybridized carbons (Fsp3) is 0.565. The van der Waals surface area contributed by atoms with Crippen LogP contribution in [0.5, 0.6) is 0 Å². The summed E-state index contributed by atoms with van der Waals surface area (Å²) < 4.78 is 73.4. The molecule has 0 spiro atoms. The van der Waals surface area contributed by atoms with Gasteiger partial charge in [-0.1, -0.05) is 0 Å². The van der Waals surface area contributed by atoms with Gasteiger partial charge in [0, 0.05) is 0 Å². The number of fused-ring (bicyclic) bond motifs is 2. The minimum absolute atomic E-state index is 0.128. The minimum atomic E-state index is -5.42. The summed E-state index contributed by atoms with van der Waals surface area (Å²) in [5, 5.41) is 42.1. The van der Waals surface area contributed by atoms with Crippen LogP contribution >= 0.6 is 23.5 Å². The molecule has 4 aromatic heterocycles. The molecule has 4 aromatic rings. The molecule has 0 bridgehead atoms. The smallest absolute Gasteiger partial charge is 0.387 e. The molecule has 56 heavy (non-hydrogen) atoms. The minimum Gasteiger partial charge on any atom is -0.387 e. The van der Waals surface area contributed by atoms with E-state index in [1.54, 1.807) is 0 Å². The second-order valence-corrected chi connectivity index (χ2v) is 16.1. The number of H-pyrrole nitrogens is 2. The maximum Gasteiger partial charge on any atom is 0.472 e. The highest BCUT2D eigenvalue weighted by Gasteiger charge is 2.47.